The predicted octanol–water partition coefficient (Wildman–Crippen LogP) is 2.89. The molecule has 0 rings (SSSR count). The van der Waals surface area contributed by atoms with Gasteiger partial charge in [0.05, 0.1) is 0 Å². The minimum Gasteiger partial charge on any atom is -0.0664 e. The molecule has 0 amide bonds. The standard InChI is InChI=1S/C10H23B/c1-8(2)7-10(6,11)9(3,4)5/h8H,7,11H2,1-6H3. The molecule has 0 heterocycles. The second-order valence-corrected chi connectivity index (χ2v) is 5.73. The summed E-state index contributed by atoms with van der Waals surface area (Å²) in [6.07, 6.45) is 1.32. The monoisotopic (exact) mass is 154 g/mol. The van der Waals surface area contributed by atoms with E-state index >= 15 is 0 Å². The normalized spacial score (nSPS) is 18.5. The van der Waals surface area contributed by atoms with Gasteiger partial charge in [-0.3, -0.25) is 0 Å². The van der Waals surface area contributed by atoms with Gasteiger partial charge in [0, 0.05) is 0 Å². The van der Waals surface area contributed by atoms with Gasteiger partial charge in [-0.25, -0.2) is 0 Å². The molecule has 0 saturated carbocycles. The number of hydrogen-bond donors (Lipinski definition) is 0. The molecule has 11 heavy (non-hydrogen) atoms. The van der Waals surface area contributed by atoms with Crippen LogP contribution < -0.4 is 0 Å². The van der Waals surface area contributed by atoms with Crippen LogP contribution in [0.4, 0.5) is 0 Å². The predicted molar refractivity (Wildman–Crippen MR) is 55.8 cm³/mol. The maximum atomic E-state index is 2.37. The van der Waals surface area contributed by atoms with Gasteiger partial charge in [0.15, 0.2) is 0 Å². The zero-order valence-electron chi connectivity index (χ0n) is 9.28. The van der Waals surface area contributed by atoms with E-state index in [1.165, 1.54) is 6.42 Å². The van der Waals surface area contributed by atoms with E-state index < -0.39 is 0 Å². The Morgan fingerprint density at radius 2 is 1.45 bits per heavy atom. The van der Waals surface area contributed by atoms with Gasteiger partial charge in [0.2, 0.25) is 0 Å². The average Bonchev–Trinajstić information content (AvgIpc) is 1.56. The number of hydrogen-bond acceptors (Lipinski definition) is 0. The molecule has 0 saturated heterocycles. The van der Waals surface area contributed by atoms with Gasteiger partial charge in [0.1, 0.15) is 7.85 Å². The summed E-state index contributed by atoms with van der Waals surface area (Å²) in [5.74, 6) is 0.809. The van der Waals surface area contributed by atoms with Crippen molar-refractivity contribution in [1.82, 2.24) is 0 Å². The molecule has 0 fully saturated rings. The van der Waals surface area contributed by atoms with Crippen LogP contribution in [0.3, 0.4) is 0 Å². The van der Waals surface area contributed by atoms with E-state index in [0.717, 1.165) is 5.92 Å². The molecule has 0 aliphatic rings. The molecular weight excluding hydrogens is 131 g/mol. The van der Waals surface area contributed by atoms with E-state index in [4.69, 9.17) is 0 Å². The Balaban J connectivity index is 4.22. The summed E-state index contributed by atoms with van der Waals surface area (Å²) in [6.45, 7) is 14.0. The van der Waals surface area contributed by atoms with Gasteiger partial charge in [0.25, 0.3) is 0 Å². The van der Waals surface area contributed by atoms with Crippen LogP contribution in [0.2, 0.25) is 5.31 Å². The second kappa shape index (κ2) is 3.20. The van der Waals surface area contributed by atoms with Crippen molar-refractivity contribution in [2.24, 2.45) is 11.3 Å². The van der Waals surface area contributed by atoms with Crippen LogP contribution in [-0.4, -0.2) is 7.85 Å². The van der Waals surface area contributed by atoms with Crippen LogP contribution in [0.25, 0.3) is 0 Å². The van der Waals surface area contributed by atoms with Crippen molar-refractivity contribution in [3.8, 4) is 0 Å². The second-order valence-electron chi connectivity index (χ2n) is 5.73. The van der Waals surface area contributed by atoms with Crippen molar-refractivity contribution in [1.29, 1.82) is 0 Å². The Morgan fingerprint density at radius 3 is 1.55 bits per heavy atom. The largest absolute Gasteiger partial charge is 0.109 e. The highest BCUT2D eigenvalue weighted by Crippen LogP contribution is 2.46. The fourth-order valence-electron chi connectivity index (χ4n) is 1.33. The zero-order chi connectivity index (χ0) is 9.28. The van der Waals surface area contributed by atoms with E-state index in [1.54, 1.807) is 0 Å². The van der Waals surface area contributed by atoms with E-state index in [9.17, 15) is 0 Å². The van der Waals surface area contributed by atoms with Crippen LogP contribution in [-0.2, 0) is 0 Å². The summed E-state index contributed by atoms with van der Waals surface area (Å²) in [7, 11) is 2.37. The van der Waals surface area contributed by atoms with E-state index in [1.807, 2.05) is 0 Å². The third kappa shape index (κ3) is 3.31. The minimum absolute atomic E-state index is 0.428. The van der Waals surface area contributed by atoms with Crippen LogP contribution in [0.15, 0.2) is 0 Å². The SMILES string of the molecule is BC(C)(CC(C)C)C(C)(C)C. The first kappa shape index (κ1) is 11.1. The first-order valence-electron chi connectivity index (χ1n) is 4.67. The van der Waals surface area contributed by atoms with Gasteiger partial charge >= 0.3 is 0 Å². The first-order valence-corrected chi connectivity index (χ1v) is 4.67. The molecule has 0 aromatic carbocycles. The smallest absolute Gasteiger partial charge is 0.0664 e. The fourth-order valence-corrected chi connectivity index (χ4v) is 1.33. The first-order chi connectivity index (χ1) is 4.67. The van der Waals surface area contributed by atoms with Crippen LogP contribution >= 0.6 is 0 Å². The van der Waals surface area contributed by atoms with Crippen LogP contribution in [0, 0.1) is 11.3 Å². The summed E-state index contributed by atoms with van der Waals surface area (Å²) < 4.78 is 0. The molecule has 1 atom stereocenters. The Hall–Kier alpha value is 0.0649. The molecule has 1 unspecified atom stereocenters. The molecule has 0 radical (unpaired) electrons. The van der Waals surface area contributed by atoms with Crippen LogP contribution in [0.5, 0.6) is 0 Å². The summed E-state index contributed by atoms with van der Waals surface area (Å²) in [5.41, 5.74) is 0.428. The Bertz CT molecular complexity index is 117. The summed E-state index contributed by atoms with van der Waals surface area (Å²) in [5, 5.41) is 0.459. The van der Waals surface area contributed by atoms with Crippen molar-refractivity contribution in [3.63, 3.8) is 0 Å². The molecule has 66 valence electrons. The summed E-state index contributed by atoms with van der Waals surface area (Å²) in [4.78, 5) is 0. The fraction of sp³-hybridized carbons (Fsp3) is 1.00. The van der Waals surface area contributed by atoms with Crippen molar-refractivity contribution in [2.45, 2.75) is 53.3 Å². The quantitative estimate of drug-likeness (QED) is 0.536. The van der Waals surface area contributed by atoms with Crippen LogP contribution in [0.1, 0.15) is 48.0 Å². The lowest BCUT2D eigenvalue weighted by molar-refractivity contribution is 0.244. The highest BCUT2D eigenvalue weighted by Gasteiger charge is 2.32. The Morgan fingerprint density at radius 1 is 1.09 bits per heavy atom. The van der Waals surface area contributed by atoms with Gasteiger partial charge in [-0.2, -0.15) is 0 Å². The molecule has 1 heteroatoms. The third-order valence-electron chi connectivity index (χ3n) is 2.95. The maximum absolute atomic E-state index is 2.37. The zero-order valence-corrected chi connectivity index (χ0v) is 9.28. The lowest BCUT2D eigenvalue weighted by atomic mass is 9.53. The Kier molecular flexibility index (Phi) is 3.22. The third-order valence-corrected chi connectivity index (χ3v) is 2.95. The van der Waals surface area contributed by atoms with Crippen molar-refractivity contribution < 1.29 is 0 Å². The minimum atomic E-state index is 0.428. The maximum Gasteiger partial charge on any atom is 0.109 e. The molecule has 0 aromatic rings. The summed E-state index contributed by atoms with van der Waals surface area (Å²) in [6, 6.07) is 0. The average molecular weight is 154 g/mol. The van der Waals surface area contributed by atoms with Gasteiger partial charge in [-0.1, -0.05) is 53.3 Å². The Labute approximate surface area is 73.2 Å². The molecule has 0 N–H and O–H groups in total. The van der Waals surface area contributed by atoms with Crippen molar-refractivity contribution in [2.75, 3.05) is 0 Å². The lowest BCUT2D eigenvalue weighted by Crippen LogP contribution is -2.27. The molecule has 0 spiro atoms. The van der Waals surface area contributed by atoms with E-state index in [-0.39, 0.29) is 0 Å². The summed E-state index contributed by atoms with van der Waals surface area (Å²) >= 11 is 0. The van der Waals surface area contributed by atoms with E-state index in [0.29, 0.717) is 10.7 Å². The molecular formula is C10H23B. The van der Waals surface area contributed by atoms with Gasteiger partial charge in [-0.05, 0) is 11.3 Å². The lowest BCUT2D eigenvalue weighted by Gasteiger charge is -2.40. The highest BCUT2D eigenvalue weighted by molar-refractivity contribution is 6.15. The van der Waals surface area contributed by atoms with Crippen molar-refractivity contribution >= 4 is 7.85 Å². The molecule has 0 aromatic heterocycles. The van der Waals surface area contributed by atoms with Gasteiger partial charge in [-0.15, -0.1) is 0 Å². The van der Waals surface area contributed by atoms with E-state index in [2.05, 4.69) is 49.4 Å². The van der Waals surface area contributed by atoms with Crippen molar-refractivity contribution in [3.05, 3.63) is 0 Å². The van der Waals surface area contributed by atoms with Gasteiger partial charge < -0.3 is 0 Å². The molecule has 0 aliphatic carbocycles. The number of rotatable bonds is 2. The topological polar surface area (TPSA) is 0 Å². The molecule has 0 aliphatic heterocycles. The molecule has 0 nitrogen and oxygen atoms in total. The molecule has 0 bridgehead atoms. The highest BCUT2D eigenvalue weighted by atomic mass is 14.3.